The maximum Gasteiger partial charge on any atom is 0.307 e. The van der Waals surface area contributed by atoms with Crippen LogP contribution in [0.1, 0.15) is 25.8 Å². The van der Waals surface area contributed by atoms with E-state index in [4.69, 9.17) is 4.74 Å². The highest BCUT2D eigenvalue weighted by molar-refractivity contribution is 5.83. The van der Waals surface area contributed by atoms with E-state index in [-0.39, 0.29) is 5.97 Å². The first-order chi connectivity index (χ1) is 9.59. The number of fused-ring (bicyclic) bond motifs is 1. The Kier molecular flexibility index (Phi) is 4.40. The Bertz CT molecular complexity index is 609. The van der Waals surface area contributed by atoms with Gasteiger partial charge in [-0.3, -0.25) is 4.79 Å². The number of nitrogens with one attached hydrogen (secondary N) is 1. The Hall–Kier alpha value is -1.87. The molecule has 106 valence electrons. The summed E-state index contributed by atoms with van der Waals surface area (Å²) in [6, 6.07) is 14.5. The van der Waals surface area contributed by atoms with Crippen molar-refractivity contribution in [3.05, 3.63) is 48.0 Å². The minimum Gasteiger partial charge on any atom is -0.469 e. The topological polar surface area (TPSA) is 38.3 Å². The Morgan fingerprint density at radius 2 is 1.90 bits per heavy atom. The molecule has 20 heavy (non-hydrogen) atoms. The number of ether oxygens (including phenoxy) is 1. The molecule has 0 amide bonds. The second kappa shape index (κ2) is 6.06. The van der Waals surface area contributed by atoms with Gasteiger partial charge >= 0.3 is 5.97 Å². The molecule has 3 heteroatoms. The second-order valence-corrected chi connectivity index (χ2v) is 5.18. The smallest absolute Gasteiger partial charge is 0.307 e. The monoisotopic (exact) mass is 271 g/mol. The summed E-state index contributed by atoms with van der Waals surface area (Å²) < 4.78 is 4.82. The molecule has 0 saturated heterocycles. The second-order valence-electron chi connectivity index (χ2n) is 5.18. The molecule has 0 aliphatic rings. The SMILES string of the molecule is CCNC(C)(CC(=O)OC)c1ccc2ccccc2c1. The fourth-order valence-corrected chi connectivity index (χ4v) is 2.55. The summed E-state index contributed by atoms with van der Waals surface area (Å²) in [5.41, 5.74) is 0.690. The van der Waals surface area contributed by atoms with Crippen LogP contribution < -0.4 is 5.32 Å². The van der Waals surface area contributed by atoms with Gasteiger partial charge in [0.05, 0.1) is 19.1 Å². The summed E-state index contributed by atoms with van der Waals surface area (Å²) >= 11 is 0. The zero-order valence-corrected chi connectivity index (χ0v) is 12.3. The van der Waals surface area contributed by atoms with E-state index in [2.05, 4.69) is 35.6 Å². The molecule has 1 atom stereocenters. The average Bonchev–Trinajstić information content (AvgIpc) is 2.46. The van der Waals surface area contributed by atoms with Crippen LogP contribution in [0.2, 0.25) is 0 Å². The number of methoxy groups -OCH3 is 1. The van der Waals surface area contributed by atoms with Gasteiger partial charge in [0, 0.05) is 0 Å². The van der Waals surface area contributed by atoms with Crippen molar-refractivity contribution in [2.45, 2.75) is 25.8 Å². The molecule has 3 nitrogen and oxygen atoms in total. The number of hydrogen-bond acceptors (Lipinski definition) is 3. The third-order valence-corrected chi connectivity index (χ3v) is 3.68. The summed E-state index contributed by atoms with van der Waals surface area (Å²) in [5, 5.41) is 5.79. The lowest BCUT2D eigenvalue weighted by atomic mass is 9.87. The highest BCUT2D eigenvalue weighted by Gasteiger charge is 2.29. The molecule has 0 aliphatic heterocycles. The minimum absolute atomic E-state index is 0.207. The predicted molar refractivity (Wildman–Crippen MR) is 81.6 cm³/mol. The maximum absolute atomic E-state index is 11.7. The molecule has 2 aromatic rings. The first-order valence-corrected chi connectivity index (χ1v) is 6.90. The highest BCUT2D eigenvalue weighted by atomic mass is 16.5. The molecule has 0 saturated carbocycles. The van der Waals surface area contributed by atoms with Gasteiger partial charge in [0.2, 0.25) is 0 Å². The summed E-state index contributed by atoms with van der Waals surface area (Å²) in [6.07, 6.45) is 0.315. The van der Waals surface area contributed by atoms with Gasteiger partial charge < -0.3 is 10.1 Å². The molecule has 1 N–H and O–H groups in total. The van der Waals surface area contributed by atoms with E-state index < -0.39 is 5.54 Å². The van der Waals surface area contributed by atoms with E-state index in [1.807, 2.05) is 26.0 Å². The van der Waals surface area contributed by atoms with Crippen LogP contribution in [0, 0.1) is 0 Å². The minimum atomic E-state index is -0.411. The van der Waals surface area contributed by atoms with Crippen LogP contribution in [0.4, 0.5) is 0 Å². The van der Waals surface area contributed by atoms with Gasteiger partial charge in [-0.2, -0.15) is 0 Å². The molecule has 0 radical (unpaired) electrons. The zero-order valence-electron chi connectivity index (χ0n) is 12.3. The van der Waals surface area contributed by atoms with Crippen LogP contribution in [0.3, 0.4) is 0 Å². The van der Waals surface area contributed by atoms with Gasteiger partial charge in [-0.25, -0.2) is 0 Å². The number of benzene rings is 2. The first-order valence-electron chi connectivity index (χ1n) is 6.90. The standard InChI is InChI=1S/C17H21NO2/c1-4-18-17(2,12-16(19)20-3)15-10-9-13-7-5-6-8-14(13)11-15/h5-11,18H,4,12H2,1-3H3. The van der Waals surface area contributed by atoms with Crippen LogP contribution in [0.25, 0.3) is 10.8 Å². The lowest BCUT2D eigenvalue weighted by Gasteiger charge is -2.30. The largest absolute Gasteiger partial charge is 0.469 e. The molecule has 2 rings (SSSR count). The summed E-state index contributed by atoms with van der Waals surface area (Å²) in [5.74, 6) is -0.207. The van der Waals surface area contributed by atoms with Crippen LogP contribution >= 0.6 is 0 Å². The number of carbonyl (C=O) groups is 1. The molecular weight excluding hydrogens is 250 g/mol. The first kappa shape index (κ1) is 14.5. The van der Waals surface area contributed by atoms with Crippen molar-refractivity contribution in [1.29, 1.82) is 0 Å². The molecule has 1 unspecified atom stereocenters. The maximum atomic E-state index is 11.7. The average molecular weight is 271 g/mol. The Balaban J connectivity index is 2.42. The molecule has 0 spiro atoms. The molecule has 0 aromatic heterocycles. The van der Waals surface area contributed by atoms with Crippen molar-refractivity contribution in [3.8, 4) is 0 Å². The molecule has 0 aliphatic carbocycles. The summed E-state index contributed by atoms with van der Waals surface area (Å²) in [4.78, 5) is 11.7. The van der Waals surface area contributed by atoms with Gasteiger partial charge in [0.25, 0.3) is 0 Å². The quantitative estimate of drug-likeness (QED) is 0.848. The van der Waals surface area contributed by atoms with Crippen LogP contribution in [-0.4, -0.2) is 19.6 Å². The fraction of sp³-hybridized carbons (Fsp3) is 0.353. The van der Waals surface area contributed by atoms with Crippen molar-refractivity contribution < 1.29 is 9.53 Å². The Morgan fingerprint density at radius 1 is 1.20 bits per heavy atom. The number of hydrogen-bond donors (Lipinski definition) is 1. The van der Waals surface area contributed by atoms with Gasteiger partial charge in [0.1, 0.15) is 0 Å². The van der Waals surface area contributed by atoms with Gasteiger partial charge in [-0.05, 0) is 35.9 Å². The predicted octanol–water partition coefficient (Wildman–Crippen LogP) is 3.23. The molecular formula is C17H21NO2. The summed E-state index contributed by atoms with van der Waals surface area (Å²) in [6.45, 7) is 4.87. The molecule has 0 heterocycles. The lowest BCUT2D eigenvalue weighted by Crippen LogP contribution is -2.41. The van der Waals surface area contributed by atoms with Crippen molar-refractivity contribution in [2.24, 2.45) is 0 Å². The summed E-state index contributed by atoms with van der Waals surface area (Å²) in [7, 11) is 1.43. The van der Waals surface area contributed by atoms with E-state index in [0.717, 1.165) is 12.1 Å². The number of rotatable bonds is 5. The van der Waals surface area contributed by atoms with Gasteiger partial charge in [0.15, 0.2) is 0 Å². The van der Waals surface area contributed by atoms with E-state index in [0.29, 0.717) is 6.42 Å². The van der Waals surface area contributed by atoms with Crippen LogP contribution in [0.15, 0.2) is 42.5 Å². The Morgan fingerprint density at radius 3 is 2.55 bits per heavy atom. The van der Waals surface area contributed by atoms with E-state index in [9.17, 15) is 4.79 Å². The molecule has 0 fully saturated rings. The molecule has 2 aromatic carbocycles. The highest BCUT2D eigenvalue weighted by Crippen LogP contribution is 2.28. The lowest BCUT2D eigenvalue weighted by molar-refractivity contribution is -0.142. The van der Waals surface area contributed by atoms with Crippen molar-refractivity contribution in [3.63, 3.8) is 0 Å². The third-order valence-electron chi connectivity index (χ3n) is 3.68. The third kappa shape index (κ3) is 2.99. The van der Waals surface area contributed by atoms with Gasteiger partial charge in [-0.15, -0.1) is 0 Å². The number of carbonyl (C=O) groups excluding carboxylic acids is 1. The normalized spacial score (nSPS) is 13.9. The van der Waals surface area contributed by atoms with E-state index >= 15 is 0 Å². The van der Waals surface area contributed by atoms with Crippen molar-refractivity contribution >= 4 is 16.7 Å². The molecule has 0 bridgehead atoms. The van der Waals surface area contributed by atoms with E-state index in [1.54, 1.807) is 0 Å². The number of esters is 1. The van der Waals surface area contributed by atoms with Gasteiger partial charge in [-0.1, -0.05) is 43.3 Å². The van der Waals surface area contributed by atoms with Crippen LogP contribution in [-0.2, 0) is 15.1 Å². The van der Waals surface area contributed by atoms with Crippen molar-refractivity contribution in [2.75, 3.05) is 13.7 Å². The Labute approximate surface area is 119 Å². The fourth-order valence-electron chi connectivity index (χ4n) is 2.55. The van der Waals surface area contributed by atoms with E-state index in [1.165, 1.54) is 17.9 Å². The zero-order chi connectivity index (χ0) is 14.6. The van der Waals surface area contributed by atoms with Crippen molar-refractivity contribution in [1.82, 2.24) is 5.32 Å². The van der Waals surface area contributed by atoms with Crippen LogP contribution in [0.5, 0.6) is 0 Å².